The second-order valence-electron chi connectivity index (χ2n) is 4.31. The lowest BCUT2D eigenvalue weighted by molar-refractivity contribution is -0.146. The zero-order valence-corrected chi connectivity index (χ0v) is 12.3. The van der Waals surface area contributed by atoms with Crippen molar-refractivity contribution in [3.63, 3.8) is 0 Å². The Morgan fingerprint density at radius 3 is 2.50 bits per heavy atom. The summed E-state index contributed by atoms with van der Waals surface area (Å²) in [5.41, 5.74) is 0.611. The lowest BCUT2D eigenvalue weighted by Gasteiger charge is -2.10. The Morgan fingerprint density at radius 2 is 1.95 bits per heavy atom. The first-order chi connectivity index (χ1) is 10.4. The number of nitriles is 1. The number of nitrogens with zero attached hydrogens (tertiary/aromatic N) is 1. The Balaban J connectivity index is 2.78. The number of hydrogen-bond donors (Lipinski definition) is 2. The Bertz CT molecular complexity index is 704. The molecule has 7 nitrogen and oxygen atoms in total. The summed E-state index contributed by atoms with van der Waals surface area (Å²) >= 11 is 0. The van der Waals surface area contributed by atoms with Gasteiger partial charge in [-0.2, -0.15) is 5.26 Å². The molecule has 0 heterocycles. The highest BCUT2D eigenvalue weighted by Crippen LogP contribution is 2.08. The van der Waals surface area contributed by atoms with Crippen LogP contribution in [0.4, 0.5) is 0 Å². The van der Waals surface area contributed by atoms with Gasteiger partial charge in [0.05, 0.1) is 11.5 Å². The summed E-state index contributed by atoms with van der Waals surface area (Å²) in [6.45, 7) is 0. The topological polar surface area (TPSA) is 124 Å². The minimum absolute atomic E-state index is 0.162. The van der Waals surface area contributed by atoms with Crippen LogP contribution >= 0.6 is 0 Å². The molecule has 8 heteroatoms. The van der Waals surface area contributed by atoms with E-state index in [1.807, 2.05) is 0 Å². The van der Waals surface area contributed by atoms with Gasteiger partial charge in [0.15, 0.2) is 0 Å². The molecule has 116 valence electrons. The first kappa shape index (κ1) is 17.4. The van der Waals surface area contributed by atoms with Crippen LogP contribution in [0.2, 0.25) is 0 Å². The molecule has 0 saturated heterocycles. The molecule has 1 aromatic carbocycles. The number of sulfonamides is 1. The molecule has 1 atom stereocenters. The van der Waals surface area contributed by atoms with Gasteiger partial charge in [-0.25, -0.2) is 13.1 Å². The van der Waals surface area contributed by atoms with E-state index in [2.05, 4.69) is 0 Å². The number of carbonyl (C=O) groups excluding carboxylic acids is 1. The normalized spacial score (nSPS) is 12.5. The van der Waals surface area contributed by atoms with E-state index < -0.39 is 27.8 Å². The van der Waals surface area contributed by atoms with E-state index in [4.69, 9.17) is 10.4 Å². The molecule has 1 rings (SSSR count). The van der Waals surface area contributed by atoms with Crippen LogP contribution in [0.5, 0.6) is 0 Å². The van der Waals surface area contributed by atoms with Crippen LogP contribution in [0, 0.1) is 17.2 Å². The molecule has 0 radical (unpaired) electrons. The second-order valence-corrected chi connectivity index (χ2v) is 5.88. The van der Waals surface area contributed by atoms with Crippen LogP contribution < -0.4 is 4.72 Å². The van der Waals surface area contributed by atoms with Crippen LogP contribution in [0.25, 0.3) is 6.08 Å². The van der Waals surface area contributed by atoms with Crippen molar-refractivity contribution in [1.29, 1.82) is 5.26 Å². The number of carbonyl (C=O) groups is 2. The number of rotatable bonds is 7. The molecule has 0 aromatic heterocycles. The van der Waals surface area contributed by atoms with Crippen molar-refractivity contribution in [2.45, 2.75) is 12.8 Å². The standard InChI is InChI=1S/C14H14N2O5S/c15-9-4-7-12(14(18)19)13(17)16-22(20,21)10-8-11-5-2-1-3-6-11/h1-3,5-6,8,10,12H,4,7H2,(H,16,17)(H,18,19)/b10-8+. The molecule has 22 heavy (non-hydrogen) atoms. The number of hydrogen-bond acceptors (Lipinski definition) is 5. The Labute approximate surface area is 127 Å². The summed E-state index contributed by atoms with van der Waals surface area (Å²) in [5, 5.41) is 18.1. The highest BCUT2D eigenvalue weighted by Gasteiger charge is 2.28. The molecule has 0 saturated carbocycles. The molecule has 0 aliphatic rings. The van der Waals surface area contributed by atoms with E-state index in [-0.39, 0.29) is 12.8 Å². The second kappa shape index (κ2) is 7.95. The van der Waals surface area contributed by atoms with E-state index >= 15 is 0 Å². The van der Waals surface area contributed by atoms with Crippen molar-refractivity contribution in [2.24, 2.45) is 5.92 Å². The lowest BCUT2D eigenvalue weighted by atomic mass is 10.0. The monoisotopic (exact) mass is 322 g/mol. The van der Waals surface area contributed by atoms with Gasteiger partial charge in [-0.3, -0.25) is 9.59 Å². The molecular formula is C14H14N2O5S. The minimum atomic E-state index is -4.11. The first-order valence-corrected chi connectivity index (χ1v) is 7.80. The van der Waals surface area contributed by atoms with Crippen molar-refractivity contribution < 1.29 is 23.1 Å². The molecule has 0 spiro atoms. The molecule has 0 aliphatic heterocycles. The van der Waals surface area contributed by atoms with Gasteiger partial charge >= 0.3 is 5.97 Å². The van der Waals surface area contributed by atoms with Gasteiger partial charge in [-0.05, 0) is 18.1 Å². The number of nitrogens with one attached hydrogen (secondary N) is 1. The van der Waals surface area contributed by atoms with Gasteiger partial charge < -0.3 is 5.11 Å². The average Bonchev–Trinajstić information content (AvgIpc) is 2.46. The van der Waals surface area contributed by atoms with E-state index in [1.165, 1.54) is 6.08 Å². The average molecular weight is 322 g/mol. The van der Waals surface area contributed by atoms with Gasteiger partial charge in [0.25, 0.3) is 10.0 Å². The highest BCUT2D eigenvalue weighted by atomic mass is 32.2. The molecule has 0 fully saturated rings. The Hall–Kier alpha value is -2.66. The third kappa shape index (κ3) is 5.76. The third-order valence-corrected chi connectivity index (χ3v) is 3.62. The largest absolute Gasteiger partial charge is 0.481 e. The summed E-state index contributed by atoms with van der Waals surface area (Å²) in [5.74, 6) is -4.23. The van der Waals surface area contributed by atoms with Crippen LogP contribution in [0.1, 0.15) is 18.4 Å². The van der Waals surface area contributed by atoms with Gasteiger partial charge in [0.2, 0.25) is 5.91 Å². The SMILES string of the molecule is N#CCCC(C(=O)O)C(=O)NS(=O)(=O)/C=C/c1ccccc1. The summed E-state index contributed by atoms with van der Waals surface area (Å²) in [6, 6.07) is 10.2. The van der Waals surface area contributed by atoms with Crippen LogP contribution in [-0.4, -0.2) is 25.4 Å². The van der Waals surface area contributed by atoms with Crippen molar-refractivity contribution in [1.82, 2.24) is 4.72 Å². The molecule has 1 aromatic rings. The molecule has 0 bridgehead atoms. The third-order valence-electron chi connectivity index (χ3n) is 2.64. The van der Waals surface area contributed by atoms with Crippen molar-refractivity contribution in [2.75, 3.05) is 0 Å². The van der Waals surface area contributed by atoms with E-state index in [1.54, 1.807) is 41.1 Å². The molecular weight excluding hydrogens is 308 g/mol. The summed E-state index contributed by atoms with van der Waals surface area (Å²) < 4.78 is 25.1. The fourth-order valence-electron chi connectivity index (χ4n) is 1.55. The maximum atomic E-state index is 11.7. The van der Waals surface area contributed by atoms with Crippen LogP contribution in [0.15, 0.2) is 35.7 Å². The Kier molecular flexibility index (Phi) is 6.28. The number of carboxylic acid groups (broad SMARTS) is 1. The van der Waals surface area contributed by atoms with E-state index in [0.29, 0.717) is 5.56 Å². The Morgan fingerprint density at radius 1 is 1.32 bits per heavy atom. The maximum absolute atomic E-state index is 11.7. The van der Waals surface area contributed by atoms with E-state index in [9.17, 15) is 18.0 Å². The highest BCUT2D eigenvalue weighted by molar-refractivity contribution is 7.93. The molecule has 1 unspecified atom stereocenters. The number of benzene rings is 1. The number of aliphatic carboxylic acids is 1. The molecule has 1 amide bonds. The predicted octanol–water partition coefficient (Wildman–Crippen LogP) is 1.11. The zero-order valence-electron chi connectivity index (χ0n) is 11.5. The number of amides is 1. The van der Waals surface area contributed by atoms with Crippen molar-refractivity contribution >= 4 is 28.0 Å². The number of carboxylic acids is 1. The molecule has 0 aliphatic carbocycles. The zero-order chi connectivity index (χ0) is 16.6. The fraction of sp³-hybridized carbons (Fsp3) is 0.214. The van der Waals surface area contributed by atoms with Crippen molar-refractivity contribution in [3.8, 4) is 6.07 Å². The van der Waals surface area contributed by atoms with E-state index in [0.717, 1.165) is 5.41 Å². The van der Waals surface area contributed by atoms with Crippen LogP contribution in [-0.2, 0) is 19.6 Å². The minimum Gasteiger partial charge on any atom is -0.481 e. The summed E-state index contributed by atoms with van der Waals surface area (Å²) in [7, 11) is -4.11. The van der Waals surface area contributed by atoms with Gasteiger partial charge in [-0.15, -0.1) is 0 Å². The predicted molar refractivity (Wildman–Crippen MR) is 78.5 cm³/mol. The van der Waals surface area contributed by atoms with Gasteiger partial charge in [0, 0.05) is 6.42 Å². The maximum Gasteiger partial charge on any atom is 0.316 e. The van der Waals surface area contributed by atoms with Gasteiger partial charge in [0.1, 0.15) is 5.92 Å². The lowest BCUT2D eigenvalue weighted by Crippen LogP contribution is -2.38. The van der Waals surface area contributed by atoms with Gasteiger partial charge in [-0.1, -0.05) is 30.3 Å². The van der Waals surface area contributed by atoms with Crippen LogP contribution in [0.3, 0.4) is 0 Å². The summed E-state index contributed by atoms with van der Waals surface area (Å²) in [6.07, 6.45) is 0.862. The smallest absolute Gasteiger partial charge is 0.316 e. The fourth-order valence-corrected chi connectivity index (χ4v) is 2.38. The molecule has 2 N–H and O–H groups in total. The first-order valence-electron chi connectivity index (χ1n) is 6.25. The van der Waals surface area contributed by atoms with Crippen molar-refractivity contribution in [3.05, 3.63) is 41.3 Å². The summed E-state index contributed by atoms with van der Waals surface area (Å²) in [4.78, 5) is 22.6. The quantitative estimate of drug-likeness (QED) is 0.724.